The Balaban J connectivity index is 2.82. The van der Waals surface area contributed by atoms with Crippen molar-refractivity contribution in [1.29, 1.82) is 0 Å². The Morgan fingerprint density at radius 2 is 2.38 bits per heavy atom. The van der Waals surface area contributed by atoms with Crippen LogP contribution in [0.25, 0.3) is 0 Å². The topological polar surface area (TPSA) is 46.5 Å². The molecule has 0 saturated carbocycles. The van der Waals surface area contributed by atoms with Crippen molar-refractivity contribution in [2.75, 3.05) is 13.7 Å². The number of allylic oxidation sites excluding steroid dienone is 1. The maximum Gasteiger partial charge on any atom is 0.333 e. The summed E-state index contributed by atoms with van der Waals surface area (Å²) in [7, 11) is 1.43. The molecule has 0 aromatic heterocycles. The van der Waals surface area contributed by atoms with E-state index >= 15 is 0 Å². The number of rotatable bonds is 4. The number of hydrogen-bond acceptors (Lipinski definition) is 3. The van der Waals surface area contributed by atoms with E-state index in [-0.39, 0.29) is 23.9 Å². The molecular formula is C13H22O3. The molecule has 0 heterocycles. The molecular weight excluding hydrogens is 204 g/mol. The second kappa shape index (κ2) is 5.48. The van der Waals surface area contributed by atoms with E-state index in [2.05, 4.69) is 19.9 Å². The molecule has 0 aromatic rings. The molecule has 0 bridgehead atoms. The molecule has 3 nitrogen and oxygen atoms in total. The van der Waals surface area contributed by atoms with E-state index in [4.69, 9.17) is 9.84 Å². The third kappa shape index (κ3) is 3.08. The van der Waals surface area contributed by atoms with Crippen molar-refractivity contribution in [1.82, 2.24) is 0 Å². The van der Waals surface area contributed by atoms with Crippen molar-refractivity contribution in [3.63, 3.8) is 0 Å². The highest BCUT2D eigenvalue weighted by molar-refractivity contribution is 5.89. The van der Waals surface area contributed by atoms with Crippen LogP contribution in [0.2, 0.25) is 0 Å². The average molecular weight is 226 g/mol. The average Bonchev–Trinajstić information content (AvgIpc) is 2.29. The van der Waals surface area contributed by atoms with Gasteiger partial charge in [-0.15, -0.1) is 0 Å². The van der Waals surface area contributed by atoms with Crippen molar-refractivity contribution < 1.29 is 14.6 Å². The lowest BCUT2D eigenvalue weighted by Crippen LogP contribution is -2.26. The molecule has 1 aliphatic rings. The molecule has 0 aliphatic heterocycles. The maximum atomic E-state index is 11.6. The summed E-state index contributed by atoms with van der Waals surface area (Å²) >= 11 is 0. The number of hydrogen-bond donors (Lipinski definition) is 1. The number of aliphatic hydroxyl groups excluding tert-OH is 1. The molecule has 2 atom stereocenters. The van der Waals surface area contributed by atoms with Crippen LogP contribution in [0.3, 0.4) is 0 Å². The first-order valence-electron chi connectivity index (χ1n) is 5.94. The second-order valence-electron chi connectivity index (χ2n) is 5.01. The number of carbonyl (C=O) groups is 1. The second-order valence-corrected chi connectivity index (χ2v) is 5.01. The molecule has 0 saturated heterocycles. The SMILES string of the molecule is COC(=O)C1=C[C@](C)(CCCO)CC[C@H]1C. The third-order valence-electron chi connectivity index (χ3n) is 3.51. The van der Waals surface area contributed by atoms with E-state index in [0.717, 1.165) is 31.3 Å². The summed E-state index contributed by atoms with van der Waals surface area (Å²) in [5.41, 5.74) is 0.841. The highest BCUT2D eigenvalue weighted by atomic mass is 16.5. The van der Waals surface area contributed by atoms with Gasteiger partial charge in [-0.05, 0) is 37.0 Å². The molecule has 3 heteroatoms. The summed E-state index contributed by atoms with van der Waals surface area (Å²) in [6.45, 7) is 4.43. The zero-order chi connectivity index (χ0) is 12.2. The molecule has 92 valence electrons. The van der Waals surface area contributed by atoms with Gasteiger partial charge in [0.2, 0.25) is 0 Å². The van der Waals surface area contributed by atoms with Crippen LogP contribution in [-0.2, 0) is 9.53 Å². The van der Waals surface area contributed by atoms with Crippen LogP contribution in [-0.4, -0.2) is 24.8 Å². The van der Waals surface area contributed by atoms with E-state index in [0.29, 0.717) is 0 Å². The normalized spacial score (nSPS) is 29.8. The number of carbonyl (C=O) groups excluding carboxylic acids is 1. The van der Waals surface area contributed by atoms with E-state index in [9.17, 15) is 4.79 Å². The molecule has 1 N–H and O–H groups in total. The molecule has 0 unspecified atom stereocenters. The Morgan fingerprint density at radius 1 is 1.69 bits per heavy atom. The predicted molar refractivity (Wildman–Crippen MR) is 62.9 cm³/mol. The molecule has 1 aliphatic carbocycles. The van der Waals surface area contributed by atoms with Gasteiger partial charge in [-0.25, -0.2) is 4.79 Å². The van der Waals surface area contributed by atoms with E-state index in [1.807, 2.05) is 0 Å². The van der Waals surface area contributed by atoms with Gasteiger partial charge in [0.05, 0.1) is 7.11 Å². The van der Waals surface area contributed by atoms with E-state index in [1.165, 1.54) is 7.11 Å². The molecule has 0 fully saturated rings. The lowest BCUT2D eigenvalue weighted by atomic mass is 9.71. The molecule has 0 spiro atoms. The first kappa shape index (κ1) is 13.2. The van der Waals surface area contributed by atoms with Gasteiger partial charge in [0, 0.05) is 12.2 Å². The number of methoxy groups -OCH3 is 1. The lowest BCUT2D eigenvalue weighted by Gasteiger charge is -2.33. The summed E-state index contributed by atoms with van der Waals surface area (Å²) in [5.74, 6) is 0.0806. The monoisotopic (exact) mass is 226 g/mol. The highest BCUT2D eigenvalue weighted by Crippen LogP contribution is 2.40. The Kier molecular flexibility index (Phi) is 4.54. The Hall–Kier alpha value is -0.830. The minimum atomic E-state index is -0.206. The number of aliphatic hydroxyl groups is 1. The smallest absolute Gasteiger partial charge is 0.333 e. The highest BCUT2D eigenvalue weighted by Gasteiger charge is 2.31. The summed E-state index contributed by atoms with van der Waals surface area (Å²) in [6, 6.07) is 0. The minimum absolute atomic E-state index is 0.0404. The van der Waals surface area contributed by atoms with Crippen LogP contribution in [0.15, 0.2) is 11.6 Å². The van der Waals surface area contributed by atoms with Crippen LogP contribution in [0, 0.1) is 11.3 Å². The van der Waals surface area contributed by atoms with E-state index in [1.54, 1.807) is 0 Å². The van der Waals surface area contributed by atoms with Gasteiger partial charge in [-0.1, -0.05) is 19.9 Å². The van der Waals surface area contributed by atoms with Crippen LogP contribution < -0.4 is 0 Å². The van der Waals surface area contributed by atoms with Crippen LogP contribution in [0.1, 0.15) is 39.5 Å². The van der Waals surface area contributed by atoms with E-state index < -0.39 is 0 Å². The standard InChI is InChI=1S/C13H22O3/c1-10-5-7-13(2,6-4-8-14)9-11(10)12(15)16-3/h9-10,14H,4-8H2,1-3H3/t10-,13-/m1/s1. The van der Waals surface area contributed by atoms with Gasteiger partial charge < -0.3 is 9.84 Å². The summed E-state index contributed by atoms with van der Waals surface area (Å²) in [6.07, 6.45) is 5.87. The van der Waals surface area contributed by atoms with Crippen molar-refractivity contribution in [2.45, 2.75) is 39.5 Å². The quantitative estimate of drug-likeness (QED) is 0.748. The zero-order valence-electron chi connectivity index (χ0n) is 10.5. The van der Waals surface area contributed by atoms with Gasteiger partial charge in [0.25, 0.3) is 0 Å². The van der Waals surface area contributed by atoms with Gasteiger partial charge in [-0.2, -0.15) is 0 Å². The summed E-state index contributed by atoms with van der Waals surface area (Å²) in [4.78, 5) is 11.6. The number of ether oxygens (including phenoxy) is 1. The molecule has 1 rings (SSSR count). The minimum Gasteiger partial charge on any atom is -0.466 e. The number of esters is 1. The fraction of sp³-hybridized carbons (Fsp3) is 0.769. The third-order valence-corrected chi connectivity index (χ3v) is 3.51. The molecule has 0 aromatic carbocycles. The van der Waals surface area contributed by atoms with Crippen LogP contribution >= 0.6 is 0 Å². The maximum absolute atomic E-state index is 11.6. The van der Waals surface area contributed by atoms with Crippen LogP contribution in [0.5, 0.6) is 0 Å². The van der Waals surface area contributed by atoms with Gasteiger partial charge in [0.15, 0.2) is 0 Å². The van der Waals surface area contributed by atoms with Crippen molar-refractivity contribution >= 4 is 5.97 Å². The fourth-order valence-corrected chi connectivity index (χ4v) is 2.35. The molecule has 0 amide bonds. The Bertz CT molecular complexity index is 283. The predicted octanol–water partition coefficient (Wildman–Crippen LogP) is 2.29. The molecule has 16 heavy (non-hydrogen) atoms. The van der Waals surface area contributed by atoms with Crippen molar-refractivity contribution in [3.05, 3.63) is 11.6 Å². The largest absolute Gasteiger partial charge is 0.466 e. The van der Waals surface area contributed by atoms with Crippen LogP contribution in [0.4, 0.5) is 0 Å². The van der Waals surface area contributed by atoms with Gasteiger partial charge in [-0.3, -0.25) is 0 Å². The van der Waals surface area contributed by atoms with Gasteiger partial charge in [0.1, 0.15) is 0 Å². The summed E-state index contributed by atoms with van der Waals surface area (Å²) < 4.78 is 4.80. The van der Waals surface area contributed by atoms with Gasteiger partial charge >= 0.3 is 5.97 Å². The zero-order valence-corrected chi connectivity index (χ0v) is 10.5. The first-order chi connectivity index (χ1) is 7.52. The first-order valence-corrected chi connectivity index (χ1v) is 5.94. The van der Waals surface area contributed by atoms with Crippen molar-refractivity contribution in [3.8, 4) is 0 Å². The summed E-state index contributed by atoms with van der Waals surface area (Å²) in [5, 5.41) is 8.87. The molecule has 0 radical (unpaired) electrons. The lowest BCUT2D eigenvalue weighted by molar-refractivity contribution is -0.137. The Labute approximate surface area is 97.5 Å². The van der Waals surface area contributed by atoms with Crippen molar-refractivity contribution in [2.24, 2.45) is 11.3 Å². The Morgan fingerprint density at radius 3 is 2.94 bits per heavy atom. The fourth-order valence-electron chi connectivity index (χ4n) is 2.35.